The van der Waals surface area contributed by atoms with Gasteiger partial charge < -0.3 is 15.2 Å². The molecule has 0 saturated carbocycles. The number of benzene rings is 2. The molecule has 0 aliphatic rings. The Kier molecular flexibility index (Phi) is 6.60. The fourth-order valence-electron chi connectivity index (χ4n) is 4.07. The minimum Gasteiger partial charge on any atom is -0.324 e. The van der Waals surface area contributed by atoms with Crippen molar-refractivity contribution in [2.75, 3.05) is 10.6 Å². The molecule has 0 atom stereocenters. The molecule has 39 heavy (non-hydrogen) atoms. The van der Waals surface area contributed by atoms with Crippen molar-refractivity contribution in [2.45, 2.75) is 26.9 Å². The van der Waals surface area contributed by atoms with E-state index in [-0.39, 0.29) is 11.4 Å². The van der Waals surface area contributed by atoms with E-state index in [1.807, 2.05) is 18.4 Å². The number of nitrogens with one attached hydrogen (secondary N) is 2. The van der Waals surface area contributed by atoms with Gasteiger partial charge in [0.1, 0.15) is 17.5 Å². The molecule has 0 spiro atoms. The molecule has 0 aliphatic carbocycles. The Balaban J connectivity index is 1.40. The molecule has 0 radical (unpaired) electrons. The highest BCUT2D eigenvalue weighted by atomic mass is 19.4. The molecule has 9 nitrogen and oxygen atoms in total. The van der Waals surface area contributed by atoms with Crippen molar-refractivity contribution in [1.29, 1.82) is 0 Å². The highest BCUT2D eigenvalue weighted by molar-refractivity contribution is 6.05. The summed E-state index contributed by atoms with van der Waals surface area (Å²) in [4.78, 5) is 30.1. The summed E-state index contributed by atoms with van der Waals surface area (Å²) in [5.41, 5.74) is 0.974. The van der Waals surface area contributed by atoms with E-state index >= 15 is 0 Å². The van der Waals surface area contributed by atoms with Gasteiger partial charge in [0.15, 0.2) is 0 Å². The monoisotopic (exact) mass is 532 g/mol. The third kappa shape index (κ3) is 5.35. The predicted molar refractivity (Wildman–Crippen MR) is 140 cm³/mol. The number of hydrogen-bond acceptors (Lipinski definition) is 6. The van der Waals surface area contributed by atoms with Crippen LogP contribution in [0.25, 0.3) is 11.5 Å². The molecule has 0 bridgehead atoms. The van der Waals surface area contributed by atoms with Gasteiger partial charge in [0.05, 0.1) is 11.3 Å². The Morgan fingerprint density at radius 2 is 1.56 bits per heavy atom. The lowest BCUT2D eigenvalue weighted by Gasteiger charge is -2.17. The van der Waals surface area contributed by atoms with Gasteiger partial charge in [-0.25, -0.2) is 15.0 Å². The standard InChI is InChI=1S/C27H23F3N8O/c1-16-4-5-19(14-22(16)35-26-33-9-8-24(36-26)38-13-11-32-18(38)3)25(39)34-20-6-7-21(27(28,29)30)23(15-20)37-12-10-31-17(37)2/h4-15H,1-3H3,(H,34,39)(H,33,35,36). The van der Waals surface area contributed by atoms with Crippen LogP contribution in [0.2, 0.25) is 0 Å². The molecule has 5 rings (SSSR count). The number of halogens is 3. The van der Waals surface area contributed by atoms with E-state index < -0.39 is 17.6 Å². The molecule has 0 unspecified atom stereocenters. The van der Waals surface area contributed by atoms with Gasteiger partial charge in [-0.2, -0.15) is 18.2 Å². The number of carbonyl (C=O) groups is 1. The van der Waals surface area contributed by atoms with Crippen LogP contribution in [0.4, 0.5) is 30.5 Å². The molecule has 0 saturated heterocycles. The van der Waals surface area contributed by atoms with Crippen LogP contribution in [0.15, 0.2) is 73.4 Å². The van der Waals surface area contributed by atoms with Crippen LogP contribution in [0.1, 0.15) is 33.1 Å². The third-order valence-electron chi connectivity index (χ3n) is 6.11. The first-order chi connectivity index (χ1) is 18.6. The maximum absolute atomic E-state index is 13.7. The second-order valence-electron chi connectivity index (χ2n) is 8.77. The summed E-state index contributed by atoms with van der Waals surface area (Å²) in [7, 11) is 0. The number of hydrogen-bond donors (Lipinski definition) is 2. The molecule has 1 amide bonds. The predicted octanol–water partition coefficient (Wildman–Crippen LogP) is 5.79. The number of alkyl halides is 3. The number of aryl methyl sites for hydroxylation is 3. The zero-order valence-corrected chi connectivity index (χ0v) is 21.2. The minimum absolute atomic E-state index is 0.133. The Labute approximate surface area is 221 Å². The van der Waals surface area contributed by atoms with Gasteiger partial charge in [0, 0.05) is 47.9 Å². The van der Waals surface area contributed by atoms with Crippen molar-refractivity contribution >= 4 is 23.2 Å². The number of rotatable bonds is 6. The maximum Gasteiger partial charge on any atom is 0.418 e. The number of imidazole rings is 2. The fraction of sp³-hybridized carbons (Fsp3) is 0.148. The smallest absolute Gasteiger partial charge is 0.324 e. The lowest BCUT2D eigenvalue weighted by Crippen LogP contribution is -2.15. The van der Waals surface area contributed by atoms with Gasteiger partial charge in [0.2, 0.25) is 5.95 Å². The van der Waals surface area contributed by atoms with Gasteiger partial charge in [-0.05, 0) is 62.7 Å². The summed E-state index contributed by atoms with van der Waals surface area (Å²) in [6, 6.07) is 10.2. The van der Waals surface area contributed by atoms with E-state index in [2.05, 4.69) is 30.6 Å². The first-order valence-corrected chi connectivity index (χ1v) is 11.8. The Hall–Kier alpha value is -5.00. The fourth-order valence-corrected chi connectivity index (χ4v) is 4.07. The van der Waals surface area contributed by atoms with Crippen LogP contribution in [0.5, 0.6) is 0 Å². The zero-order valence-electron chi connectivity index (χ0n) is 21.2. The molecule has 3 aromatic heterocycles. The SMILES string of the molecule is Cc1ccc(C(=O)Nc2ccc(C(F)(F)F)c(-n3ccnc3C)c2)cc1Nc1nccc(-n2ccnc2C)n1. The first-order valence-electron chi connectivity index (χ1n) is 11.8. The summed E-state index contributed by atoms with van der Waals surface area (Å²) in [5, 5.41) is 5.83. The van der Waals surface area contributed by atoms with Crippen LogP contribution >= 0.6 is 0 Å². The van der Waals surface area contributed by atoms with Crippen molar-refractivity contribution in [1.82, 2.24) is 29.1 Å². The summed E-state index contributed by atoms with van der Waals surface area (Å²) in [5.74, 6) is 1.61. The van der Waals surface area contributed by atoms with Crippen molar-refractivity contribution in [3.05, 3.63) is 102 Å². The molecule has 0 fully saturated rings. The molecule has 0 aliphatic heterocycles. The molecule has 198 valence electrons. The average Bonchev–Trinajstić information content (AvgIpc) is 3.52. The lowest BCUT2D eigenvalue weighted by atomic mass is 10.1. The van der Waals surface area contributed by atoms with E-state index in [1.165, 1.54) is 29.1 Å². The van der Waals surface area contributed by atoms with Gasteiger partial charge >= 0.3 is 6.18 Å². The molecule has 3 heterocycles. The highest BCUT2D eigenvalue weighted by Crippen LogP contribution is 2.36. The van der Waals surface area contributed by atoms with E-state index in [1.54, 1.807) is 49.8 Å². The largest absolute Gasteiger partial charge is 0.418 e. The summed E-state index contributed by atoms with van der Waals surface area (Å²) in [6.07, 6.45) is 3.35. The van der Waals surface area contributed by atoms with Crippen LogP contribution in [-0.4, -0.2) is 35.0 Å². The Bertz CT molecular complexity index is 1670. The van der Waals surface area contributed by atoms with Gasteiger partial charge in [-0.1, -0.05) is 6.07 Å². The van der Waals surface area contributed by atoms with Crippen LogP contribution in [0.3, 0.4) is 0 Å². The summed E-state index contributed by atoms with van der Waals surface area (Å²) in [6.45, 7) is 5.32. The van der Waals surface area contributed by atoms with Crippen LogP contribution in [-0.2, 0) is 6.18 Å². The summed E-state index contributed by atoms with van der Waals surface area (Å²) < 4.78 is 44.2. The maximum atomic E-state index is 13.7. The average molecular weight is 533 g/mol. The van der Waals surface area contributed by atoms with Crippen molar-refractivity contribution in [3.8, 4) is 11.5 Å². The quantitative estimate of drug-likeness (QED) is 0.287. The highest BCUT2D eigenvalue weighted by Gasteiger charge is 2.34. The third-order valence-corrected chi connectivity index (χ3v) is 6.11. The molecule has 5 aromatic rings. The number of anilines is 3. The van der Waals surface area contributed by atoms with E-state index in [9.17, 15) is 18.0 Å². The summed E-state index contributed by atoms with van der Waals surface area (Å²) >= 11 is 0. The molecular weight excluding hydrogens is 509 g/mol. The lowest BCUT2D eigenvalue weighted by molar-refractivity contribution is -0.137. The van der Waals surface area contributed by atoms with Crippen LogP contribution in [0, 0.1) is 20.8 Å². The van der Waals surface area contributed by atoms with Crippen molar-refractivity contribution in [3.63, 3.8) is 0 Å². The van der Waals surface area contributed by atoms with Gasteiger partial charge in [-0.3, -0.25) is 9.36 Å². The van der Waals surface area contributed by atoms with Gasteiger partial charge in [0.25, 0.3) is 5.91 Å². The van der Waals surface area contributed by atoms with Crippen molar-refractivity contribution < 1.29 is 18.0 Å². The molecule has 2 N–H and O–H groups in total. The van der Waals surface area contributed by atoms with E-state index in [0.29, 0.717) is 28.8 Å². The number of aromatic nitrogens is 6. The Morgan fingerprint density at radius 1 is 0.846 bits per heavy atom. The minimum atomic E-state index is -4.58. The second-order valence-corrected chi connectivity index (χ2v) is 8.77. The van der Waals surface area contributed by atoms with Crippen LogP contribution < -0.4 is 10.6 Å². The number of nitrogens with zero attached hydrogens (tertiary/aromatic N) is 6. The first kappa shape index (κ1) is 25.6. The molecule has 2 aromatic carbocycles. The zero-order chi connectivity index (χ0) is 27.7. The molecule has 12 heteroatoms. The van der Waals surface area contributed by atoms with E-state index in [4.69, 9.17) is 0 Å². The normalized spacial score (nSPS) is 11.4. The topological polar surface area (TPSA) is 103 Å². The molecular formula is C27H23F3N8O. The second kappa shape index (κ2) is 10.0. The number of amides is 1. The number of carbonyl (C=O) groups excluding carboxylic acids is 1. The Morgan fingerprint density at radius 3 is 2.23 bits per heavy atom. The van der Waals surface area contributed by atoms with Crippen molar-refractivity contribution in [2.24, 2.45) is 0 Å². The van der Waals surface area contributed by atoms with Gasteiger partial charge in [-0.15, -0.1) is 0 Å². The van der Waals surface area contributed by atoms with E-state index in [0.717, 1.165) is 17.5 Å².